The van der Waals surface area contributed by atoms with Crippen molar-refractivity contribution in [2.45, 2.75) is 255 Å². The Kier molecular flexibility index (Phi) is 37.1. The lowest BCUT2D eigenvalue weighted by molar-refractivity contribution is -0.298. The summed E-state index contributed by atoms with van der Waals surface area (Å²) in [5.41, 5.74) is 0. The second kappa shape index (κ2) is 39.4. The summed E-state index contributed by atoms with van der Waals surface area (Å²) in [5.74, 6) is -0.706. The summed E-state index contributed by atoms with van der Waals surface area (Å²) in [6.45, 7) is 3.20. The van der Waals surface area contributed by atoms with Crippen LogP contribution in [0.5, 0.6) is 0 Å². The SMILES string of the molecule is CCCCC/C=C\C=C/CCCCCCCCCCCC(O)C(=O)NC(COC1OC(CO)C(O)C(OS(=O)(=O)O)C1O)C(O)/C=C/CCCCCCCCCCCCCCCC. The summed E-state index contributed by atoms with van der Waals surface area (Å²) in [7, 11) is -5.12. The number of aliphatic hydroxyl groups is 5. The molecule has 0 bridgehead atoms. The number of hydrogen-bond donors (Lipinski definition) is 7. The summed E-state index contributed by atoms with van der Waals surface area (Å²) in [6, 6.07) is -1.12. The highest BCUT2D eigenvalue weighted by Crippen LogP contribution is 2.26. The molecule has 1 amide bonds. The lowest BCUT2D eigenvalue weighted by atomic mass is 9.99. The molecular weight excluding hydrogens is 827 g/mol. The highest BCUT2D eigenvalue weighted by atomic mass is 32.3. The van der Waals surface area contributed by atoms with Gasteiger partial charge in [0.15, 0.2) is 6.29 Å². The molecule has 14 heteroatoms. The van der Waals surface area contributed by atoms with Crippen molar-refractivity contribution in [1.82, 2.24) is 5.32 Å². The molecule has 1 saturated heterocycles. The van der Waals surface area contributed by atoms with E-state index in [-0.39, 0.29) is 6.42 Å². The number of ether oxygens (including phenoxy) is 2. The standard InChI is InChI=1S/C49H91NO12S/c1-3-5-7-9-11-13-15-17-19-21-22-24-26-28-30-32-34-36-38-43(53)48(56)50-41(40-60-49-46(55)47(62-63(57,58)59)45(54)44(39-51)61-49)42(52)37-35-33-31-29-27-25-23-20-18-16-14-12-10-8-6-4-2/h11,13,15,17,35,37,41-47,49,51-55H,3-10,12,14,16,18-34,36,38-40H2,1-2H3,(H,50,56)(H,57,58,59)/b13-11-,17-15-,37-35+. The van der Waals surface area contributed by atoms with Gasteiger partial charge in [0.05, 0.1) is 25.4 Å². The molecule has 1 fully saturated rings. The third kappa shape index (κ3) is 31.8. The van der Waals surface area contributed by atoms with Gasteiger partial charge in [-0.1, -0.05) is 198 Å². The molecule has 1 aliphatic rings. The average Bonchev–Trinajstić information content (AvgIpc) is 3.25. The Hall–Kier alpha value is -1.72. The summed E-state index contributed by atoms with van der Waals surface area (Å²) in [5, 5.41) is 55.3. The zero-order valence-electron chi connectivity index (χ0n) is 39.3. The predicted octanol–water partition coefficient (Wildman–Crippen LogP) is 9.25. The molecule has 8 unspecified atom stereocenters. The first-order valence-electron chi connectivity index (χ1n) is 25.0. The smallest absolute Gasteiger partial charge is 0.394 e. The van der Waals surface area contributed by atoms with Gasteiger partial charge in [-0.3, -0.25) is 9.35 Å². The van der Waals surface area contributed by atoms with Gasteiger partial charge in [-0.25, -0.2) is 4.18 Å². The van der Waals surface area contributed by atoms with Crippen molar-refractivity contribution in [2.24, 2.45) is 0 Å². The Morgan fingerprint density at radius 3 is 1.56 bits per heavy atom. The van der Waals surface area contributed by atoms with E-state index in [1.807, 2.05) is 6.08 Å². The van der Waals surface area contributed by atoms with Crippen LogP contribution >= 0.6 is 0 Å². The zero-order valence-corrected chi connectivity index (χ0v) is 40.1. The van der Waals surface area contributed by atoms with Gasteiger partial charge in [0.1, 0.15) is 30.5 Å². The lowest BCUT2D eigenvalue weighted by Gasteiger charge is -2.41. The van der Waals surface area contributed by atoms with Gasteiger partial charge in [-0.05, 0) is 44.9 Å². The maximum absolute atomic E-state index is 13.1. The highest BCUT2D eigenvalue weighted by Gasteiger charge is 2.48. The fourth-order valence-electron chi connectivity index (χ4n) is 7.80. The van der Waals surface area contributed by atoms with E-state index in [1.165, 1.54) is 122 Å². The summed E-state index contributed by atoms with van der Waals surface area (Å²) < 4.78 is 47.6. The van der Waals surface area contributed by atoms with Crippen molar-refractivity contribution in [3.63, 3.8) is 0 Å². The zero-order chi connectivity index (χ0) is 46.4. The van der Waals surface area contributed by atoms with Crippen molar-refractivity contribution < 1.29 is 57.0 Å². The van der Waals surface area contributed by atoms with Crippen molar-refractivity contribution in [1.29, 1.82) is 0 Å². The van der Waals surface area contributed by atoms with Crippen LogP contribution in [0.2, 0.25) is 0 Å². The molecule has 0 aliphatic carbocycles. The van der Waals surface area contributed by atoms with Crippen molar-refractivity contribution in [3.8, 4) is 0 Å². The quantitative estimate of drug-likeness (QED) is 0.0132. The molecule has 370 valence electrons. The first kappa shape index (κ1) is 59.3. The summed E-state index contributed by atoms with van der Waals surface area (Å²) in [4.78, 5) is 13.1. The minimum absolute atomic E-state index is 0.237. The topological polar surface area (TPSA) is 212 Å². The molecule has 13 nitrogen and oxygen atoms in total. The molecule has 1 rings (SSSR count). The van der Waals surface area contributed by atoms with Crippen molar-refractivity contribution in [3.05, 3.63) is 36.5 Å². The van der Waals surface area contributed by atoms with Gasteiger partial charge < -0.3 is 40.3 Å². The van der Waals surface area contributed by atoms with Gasteiger partial charge >= 0.3 is 10.4 Å². The largest absolute Gasteiger partial charge is 0.397 e. The van der Waals surface area contributed by atoms with Gasteiger partial charge in [0, 0.05) is 0 Å². The second-order valence-corrected chi connectivity index (χ2v) is 18.6. The van der Waals surface area contributed by atoms with Crippen LogP contribution in [0, 0.1) is 0 Å². The number of hydrogen-bond acceptors (Lipinski definition) is 11. The van der Waals surface area contributed by atoms with E-state index in [4.69, 9.17) is 9.47 Å². The molecular formula is C49H91NO12S. The van der Waals surface area contributed by atoms with Crippen LogP contribution in [-0.2, 0) is 28.9 Å². The van der Waals surface area contributed by atoms with Crippen LogP contribution in [0.4, 0.5) is 0 Å². The molecule has 0 spiro atoms. The Balaban J connectivity index is 2.54. The average molecular weight is 918 g/mol. The third-order valence-electron chi connectivity index (χ3n) is 11.8. The van der Waals surface area contributed by atoms with Crippen molar-refractivity contribution in [2.75, 3.05) is 13.2 Å². The van der Waals surface area contributed by atoms with Gasteiger partial charge in [0.2, 0.25) is 5.91 Å². The number of allylic oxidation sites excluding steroid dienone is 5. The molecule has 0 aromatic rings. The van der Waals surface area contributed by atoms with Gasteiger partial charge in [-0.2, -0.15) is 8.42 Å². The Morgan fingerprint density at radius 1 is 0.651 bits per heavy atom. The summed E-state index contributed by atoms with van der Waals surface area (Å²) in [6.07, 6.45) is 35.0. The normalized spacial score (nSPS) is 21.2. The fourth-order valence-corrected chi connectivity index (χ4v) is 8.31. The monoisotopic (exact) mass is 918 g/mol. The molecule has 8 atom stereocenters. The summed E-state index contributed by atoms with van der Waals surface area (Å²) >= 11 is 0. The third-order valence-corrected chi connectivity index (χ3v) is 12.3. The molecule has 1 aliphatic heterocycles. The van der Waals surface area contributed by atoms with Crippen LogP contribution in [0.3, 0.4) is 0 Å². The van der Waals surface area contributed by atoms with E-state index >= 15 is 0 Å². The van der Waals surface area contributed by atoms with E-state index in [0.29, 0.717) is 12.8 Å². The molecule has 0 saturated carbocycles. The van der Waals surface area contributed by atoms with E-state index in [9.17, 15) is 43.3 Å². The maximum Gasteiger partial charge on any atom is 0.397 e. The van der Waals surface area contributed by atoms with Crippen LogP contribution < -0.4 is 5.32 Å². The van der Waals surface area contributed by atoms with Gasteiger partial charge in [-0.15, -0.1) is 0 Å². The number of amides is 1. The van der Waals surface area contributed by atoms with Crippen molar-refractivity contribution >= 4 is 16.3 Å². The number of carbonyl (C=O) groups excluding carboxylic acids is 1. The van der Waals surface area contributed by atoms with E-state index < -0.39 is 78.5 Å². The van der Waals surface area contributed by atoms with E-state index in [0.717, 1.165) is 57.8 Å². The van der Waals surface area contributed by atoms with E-state index in [2.05, 4.69) is 47.7 Å². The fraction of sp³-hybridized carbons (Fsp3) is 0.857. The molecule has 1 heterocycles. The molecule has 7 N–H and O–H groups in total. The molecule has 63 heavy (non-hydrogen) atoms. The first-order valence-corrected chi connectivity index (χ1v) is 26.4. The minimum atomic E-state index is -5.12. The van der Waals surface area contributed by atoms with Gasteiger partial charge in [0.25, 0.3) is 0 Å². The number of carbonyl (C=O) groups is 1. The minimum Gasteiger partial charge on any atom is -0.394 e. The number of rotatable bonds is 42. The van der Waals surface area contributed by atoms with Crippen LogP contribution in [0.1, 0.15) is 206 Å². The maximum atomic E-state index is 13.1. The van der Waals surface area contributed by atoms with Crippen LogP contribution in [0.25, 0.3) is 0 Å². The van der Waals surface area contributed by atoms with Crippen LogP contribution in [-0.4, -0.2) is 107 Å². The predicted molar refractivity (Wildman–Crippen MR) is 251 cm³/mol. The first-order chi connectivity index (χ1) is 30.4. The number of aliphatic hydroxyl groups excluding tert-OH is 5. The Morgan fingerprint density at radius 2 is 1.08 bits per heavy atom. The van der Waals surface area contributed by atoms with Crippen LogP contribution in [0.15, 0.2) is 36.5 Å². The van der Waals surface area contributed by atoms with E-state index in [1.54, 1.807) is 0 Å². The number of unbranched alkanes of at least 4 members (excludes halogenated alkanes) is 26. The molecule has 0 aromatic carbocycles. The Labute approximate surface area is 382 Å². The Bertz CT molecular complexity index is 1280. The highest BCUT2D eigenvalue weighted by molar-refractivity contribution is 7.80. The number of nitrogens with one attached hydrogen (secondary N) is 1. The lowest BCUT2D eigenvalue weighted by Crippen LogP contribution is -2.61. The molecule has 0 radical (unpaired) electrons. The second-order valence-electron chi connectivity index (χ2n) is 17.6. The molecule has 0 aromatic heterocycles.